The first-order chi connectivity index (χ1) is 10.5. The van der Waals surface area contributed by atoms with Gasteiger partial charge in [0.15, 0.2) is 11.5 Å². The van der Waals surface area contributed by atoms with E-state index in [1.54, 1.807) is 0 Å². The quantitative estimate of drug-likeness (QED) is 0.936. The Hall–Kier alpha value is -1.82. The standard InChI is InChI=1S/C16H21N3O2S/c1-16(2,3)14-18-15(22-19-14)17-10-11-5-6-12-13(9-11)21-8-4-7-20-12/h5-6,9H,4,7-8,10H2,1-3H3,(H,17,18,19). The van der Waals surface area contributed by atoms with E-state index in [2.05, 4.69) is 35.4 Å². The Morgan fingerprint density at radius 1 is 1.18 bits per heavy atom. The molecule has 0 radical (unpaired) electrons. The SMILES string of the molecule is CC(C)(C)c1nsc(NCc2ccc3c(c2)OCCCO3)n1. The van der Waals surface area contributed by atoms with Gasteiger partial charge in [-0.1, -0.05) is 26.8 Å². The number of nitrogens with zero attached hydrogens (tertiary/aromatic N) is 2. The smallest absolute Gasteiger partial charge is 0.202 e. The second kappa shape index (κ2) is 6.12. The minimum absolute atomic E-state index is 0.0221. The molecule has 6 heteroatoms. The largest absolute Gasteiger partial charge is 0.490 e. The molecular formula is C16H21N3O2S. The molecule has 1 aromatic heterocycles. The zero-order valence-corrected chi connectivity index (χ0v) is 14.0. The van der Waals surface area contributed by atoms with Crippen LogP contribution >= 0.6 is 11.5 Å². The van der Waals surface area contributed by atoms with Crippen LogP contribution in [0, 0.1) is 0 Å². The Balaban J connectivity index is 1.66. The van der Waals surface area contributed by atoms with Gasteiger partial charge in [-0.2, -0.15) is 4.37 Å². The second-order valence-corrected chi connectivity index (χ2v) is 7.11. The van der Waals surface area contributed by atoms with E-state index in [-0.39, 0.29) is 5.41 Å². The van der Waals surface area contributed by atoms with Crippen molar-refractivity contribution in [3.8, 4) is 11.5 Å². The van der Waals surface area contributed by atoms with Crippen molar-refractivity contribution in [2.45, 2.75) is 39.2 Å². The molecule has 0 bridgehead atoms. The third-order valence-corrected chi connectivity index (χ3v) is 4.03. The molecule has 0 saturated carbocycles. The van der Waals surface area contributed by atoms with Crippen LogP contribution in [0.5, 0.6) is 11.5 Å². The van der Waals surface area contributed by atoms with E-state index in [1.165, 1.54) is 11.5 Å². The molecule has 1 N–H and O–H groups in total. The van der Waals surface area contributed by atoms with Crippen LogP contribution in [-0.2, 0) is 12.0 Å². The first kappa shape index (κ1) is 15.1. The van der Waals surface area contributed by atoms with E-state index in [9.17, 15) is 0 Å². The van der Waals surface area contributed by atoms with Crippen LogP contribution < -0.4 is 14.8 Å². The van der Waals surface area contributed by atoms with E-state index in [0.29, 0.717) is 19.8 Å². The molecule has 5 nitrogen and oxygen atoms in total. The third kappa shape index (κ3) is 3.50. The zero-order chi connectivity index (χ0) is 15.6. The summed E-state index contributed by atoms with van der Waals surface area (Å²) < 4.78 is 15.8. The van der Waals surface area contributed by atoms with Gasteiger partial charge in [-0.3, -0.25) is 0 Å². The summed E-state index contributed by atoms with van der Waals surface area (Å²) in [6, 6.07) is 6.05. The Morgan fingerprint density at radius 2 is 1.95 bits per heavy atom. The van der Waals surface area contributed by atoms with Crippen molar-refractivity contribution in [1.82, 2.24) is 9.36 Å². The minimum Gasteiger partial charge on any atom is -0.490 e. The Labute approximate surface area is 134 Å². The summed E-state index contributed by atoms with van der Waals surface area (Å²) in [6.45, 7) is 8.45. The van der Waals surface area contributed by atoms with E-state index in [4.69, 9.17) is 9.47 Å². The van der Waals surface area contributed by atoms with Crippen LogP contribution in [0.1, 0.15) is 38.6 Å². The maximum absolute atomic E-state index is 5.71. The summed E-state index contributed by atoms with van der Waals surface area (Å²) in [6.07, 6.45) is 0.919. The lowest BCUT2D eigenvalue weighted by molar-refractivity contribution is 0.297. The van der Waals surface area contributed by atoms with E-state index in [0.717, 1.165) is 34.4 Å². The molecule has 1 aliphatic rings. The first-order valence-corrected chi connectivity index (χ1v) is 8.26. The van der Waals surface area contributed by atoms with Crippen LogP contribution in [0.2, 0.25) is 0 Å². The summed E-state index contributed by atoms with van der Waals surface area (Å²) >= 11 is 1.40. The van der Waals surface area contributed by atoms with Crippen molar-refractivity contribution in [3.63, 3.8) is 0 Å². The van der Waals surface area contributed by atoms with Gasteiger partial charge in [0.2, 0.25) is 5.13 Å². The molecule has 1 aliphatic heterocycles. The van der Waals surface area contributed by atoms with Crippen molar-refractivity contribution in [2.75, 3.05) is 18.5 Å². The van der Waals surface area contributed by atoms with E-state index < -0.39 is 0 Å². The van der Waals surface area contributed by atoms with Gasteiger partial charge in [-0.15, -0.1) is 0 Å². The normalized spacial score (nSPS) is 14.5. The maximum atomic E-state index is 5.71. The molecule has 0 spiro atoms. The van der Waals surface area contributed by atoms with Gasteiger partial charge in [0.1, 0.15) is 5.82 Å². The molecule has 2 heterocycles. The fourth-order valence-corrected chi connectivity index (χ4v) is 2.85. The Kier molecular flexibility index (Phi) is 4.20. The summed E-state index contributed by atoms with van der Waals surface area (Å²) in [5, 5.41) is 4.17. The lowest BCUT2D eigenvalue weighted by atomic mass is 9.96. The van der Waals surface area contributed by atoms with Crippen molar-refractivity contribution in [1.29, 1.82) is 0 Å². The maximum Gasteiger partial charge on any atom is 0.202 e. The number of nitrogens with one attached hydrogen (secondary N) is 1. The van der Waals surface area contributed by atoms with Crippen LogP contribution in [-0.4, -0.2) is 22.6 Å². The molecule has 0 atom stereocenters. The molecule has 0 amide bonds. The molecular weight excluding hydrogens is 298 g/mol. The molecule has 0 unspecified atom stereocenters. The van der Waals surface area contributed by atoms with Crippen molar-refractivity contribution in [2.24, 2.45) is 0 Å². The van der Waals surface area contributed by atoms with Gasteiger partial charge < -0.3 is 14.8 Å². The molecule has 3 rings (SSSR count). The molecule has 0 aliphatic carbocycles. The number of hydrogen-bond acceptors (Lipinski definition) is 6. The number of aromatic nitrogens is 2. The monoisotopic (exact) mass is 319 g/mol. The molecule has 22 heavy (non-hydrogen) atoms. The zero-order valence-electron chi connectivity index (χ0n) is 13.2. The highest BCUT2D eigenvalue weighted by Gasteiger charge is 2.19. The highest BCUT2D eigenvalue weighted by molar-refractivity contribution is 7.09. The number of hydrogen-bond donors (Lipinski definition) is 1. The highest BCUT2D eigenvalue weighted by Crippen LogP contribution is 2.31. The van der Waals surface area contributed by atoms with Gasteiger partial charge in [0.25, 0.3) is 0 Å². The number of fused-ring (bicyclic) bond motifs is 1. The number of benzene rings is 1. The lowest BCUT2D eigenvalue weighted by Crippen LogP contribution is -2.13. The summed E-state index contributed by atoms with van der Waals surface area (Å²) in [5.41, 5.74) is 1.11. The van der Waals surface area contributed by atoms with Crippen LogP contribution in [0.25, 0.3) is 0 Å². The van der Waals surface area contributed by atoms with Gasteiger partial charge in [-0.25, -0.2) is 4.98 Å². The summed E-state index contributed by atoms with van der Waals surface area (Å²) in [4.78, 5) is 4.54. The van der Waals surface area contributed by atoms with Crippen molar-refractivity contribution < 1.29 is 9.47 Å². The minimum atomic E-state index is -0.0221. The Bertz CT molecular complexity index is 649. The van der Waals surface area contributed by atoms with Gasteiger partial charge >= 0.3 is 0 Å². The average Bonchev–Trinajstić information content (AvgIpc) is 2.84. The first-order valence-electron chi connectivity index (χ1n) is 7.49. The van der Waals surface area contributed by atoms with E-state index >= 15 is 0 Å². The van der Waals surface area contributed by atoms with Gasteiger partial charge in [0.05, 0.1) is 13.2 Å². The van der Waals surface area contributed by atoms with Gasteiger partial charge in [0, 0.05) is 29.9 Å². The molecule has 0 fully saturated rings. The van der Waals surface area contributed by atoms with Crippen LogP contribution in [0.3, 0.4) is 0 Å². The Morgan fingerprint density at radius 3 is 2.68 bits per heavy atom. The molecule has 1 aromatic carbocycles. The van der Waals surface area contributed by atoms with Gasteiger partial charge in [-0.05, 0) is 17.7 Å². The summed E-state index contributed by atoms with van der Waals surface area (Å²) in [7, 11) is 0. The fourth-order valence-electron chi connectivity index (χ4n) is 2.10. The number of rotatable bonds is 3. The molecule has 2 aromatic rings. The van der Waals surface area contributed by atoms with Crippen LogP contribution in [0.4, 0.5) is 5.13 Å². The predicted octanol–water partition coefficient (Wildman–Crippen LogP) is 3.61. The fraction of sp³-hybridized carbons (Fsp3) is 0.500. The third-order valence-electron chi connectivity index (χ3n) is 3.35. The summed E-state index contributed by atoms with van der Waals surface area (Å²) in [5.74, 6) is 2.52. The van der Waals surface area contributed by atoms with Crippen molar-refractivity contribution in [3.05, 3.63) is 29.6 Å². The molecule has 118 valence electrons. The number of ether oxygens (including phenoxy) is 2. The number of anilines is 1. The molecule has 0 saturated heterocycles. The average molecular weight is 319 g/mol. The lowest BCUT2D eigenvalue weighted by Gasteiger charge is -2.12. The van der Waals surface area contributed by atoms with E-state index in [1.807, 2.05) is 18.2 Å². The topological polar surface area (TPSA) is 56.3 Å². The van der Waals surface area contributed by atoms with Crippen LogP contribution in [0.15, 0.2) is 18.2 Å². The van der Waals surface area contributed by atoms with Crippen molar-refractivity contribution >= 4 is 16.7 Å². The predicted molar refractivity (Wildman–Crippen MR) is 88.0 cm³/mol. The second-order valence-electron chi connectivity index (χ2n) is 6.36. The highest BCUT2D eigenvalue weighted by atomic mass is 32.1.